The number of para-hydroxylation sites is 1. The van der Waals surface area contributed by atoms with Gasteiger partial charge in [-0.25, -0.2) is 0 Å². The molecule has 2 N–H and O–H groups in total. The largest absolute Gasteiger partial charge is 0.493 e. The second kappa shape index (κ2) is 6.54. The van der Waals surface area contributed by atoms with Crippen LogP contribution in [0.4, 0.5) is 0 Å². The molecule has 1 heterocycles. The average Bonchev–Trinajstić information content (AvgIpc) is 2.96. The highest BCUT2D eigenvalue weighted by molar-refractivity contribution is 7.99. The summed E-state index contributed by atoms with van der Waals surface area (Å²) in [6.45, 7) is 2.82. The van der Waals surface area contributed by atoms with E-state index in [1.165, 1.54) is 10.5 Å². The van der Waals surface area contributed by atoms with Gasteiger partial charge in [0.25, 0.3) is 0 Å². The minimum absolute atomic E-state index is 0.0476. The van der Waals surface area contributed by atoms with E-state index in [1.54, 1.807) is 0 Å². The van der Waals surface area contributed by atoms with E-state index in [0.29, 0.717) is 5.92 Å². The van der Waals surface area contributed by atoms with Crippen LogP contribution in [0.15, 0.2) is 53.4 Å². The third-order valence-corrected chi connectivity index (χ3v) is 5.25. The van der Waals surface area contributed by atoms with Gasteiger partial charge in [0.15, 0.2) is 0 Å². The minimum Gasteiger partial charge on any atom is -0.493 e. The Morgan fingerprint density at radius 3 is 2.81 bits per heavy atom. The molecule has 2 aromatic rings. The number of rotatable bonds is 5. The summed E-state index contributed by atoms with van der Waals surface area (Å²) in [7, 11) is 0. The highest BCUT2D eigenvalue weighted by atomic mass is 32.2. The lowest BCUT2D eigenvalue weighted by Crippen LogP contribution is -2.14. The van der Waals surface area contributed by atoms with Gasteiger partial charge in [-0.15, -0.1) is 11.8 Å². The zero-order valence-electron chi connectivity index (χ0n) is 12.3. The maximum absolute atomic E-state index is 6.17. The van der Waals surface area contributed by atoms with Crippen LogP contribution < -0.4 is 10.5 Å². The lowest BCUT2D eigenvalue weighted by atomic mass is 10.0. The molecule has 2 unspecified atom stereocenters. The van der Waals surface area contributed by atoms with E-state index in [9.17, 15) is 0 Å². The molecule has 21 heavy (non-hydrogen) atoms. The second-order valence-electron chi connectivity index (χ2n) is 5.41. The zero-order valence-corrected chi connectivity index (χ0v) is 13.1. The molecule has 0 bridgehead atoms. The van der Waals surface area contributed by atoms with E-state index in [-0.39, 0.29) is 6.04 Å². The van der Waals surface area contributed by atoms with E-state index in [0.717, 1.165) is 30.1 Å². The zero-order chi connectivity index (χ0) is 14.7. The summed E-state index contributed by atoms with van der Waals surface area (Å²) in [6.07, 6.45) is 0.919. The fourth-order valence-corrected chi connectivity index (χ4v) is 3.93. The van der Waals surface area contributed by atoms with Crippen molar-refractivity contribution in [2.75, 3.05) is 12.4 Å². The van der Waals surface area contributed by atoms with E-state index in [1.807, 2.05) is 30.0 Å². The summed E-state index contributed by atoms with van der Waals surface area (Å²) in [5.41, 5.74) is 8.70. The SMILES string of the molecule is CCC(N)c1ccccc1OCC1CSc2ccccc21. The first kappa shape index (κ1) is 14.5. The Labute approximate surface area is 130 Å². The molecule has 0 spiro atoms. The lowest BCUT2D eigenvalue weighted by Gasteiger charge is -2.18. The van der Waals surface area contributed by atoms with Gasteiger partial charge >= 0.3 is 0 Å². The molecule has 3 rings (SSSR count). The van der Waals surface area contributed by atoms with E-state index in [2.05, 4.69) is 37.3 Å². The van der Waals surface area contributed by atoms with Crippen LogP contribution in [0, 0.1) is 0 Å². The highest BCUT2D eigenvalue weighted by Crippen LogP contribution is 2.39. The van der Waals surface area contributed by atoms with Crippen molar-refractivity contribution in [3.63, 3.8) is 0 Å². The smallest absolute Gasteiger partial charge is 0.124 e. The highest BCUT2D eigenvalue weighted by Gasteiger charge is 2.23. The minimum atomic E-state index is 0.0476. The summed E-state index contributed by atoms with van der Waals surface area (Å²) >= 11 is 1.92. The van der Waals surface area contributed by atoms with E-state index < -0.39 is 0 Å². The number of hydrogen-bond donors (Lipinski definition) is 1. The van der Waals surface area contributed by atoms with Gasteiger partial charge in [0, 0.05) is 28.2 Å². The van der Waals surface area contributed by atoms with E-state index >= 15 is 0 Å². The summed E-state index contributed by atoms with van der Waals surface area (Å²) in [4.78, 5) is 1.39. The molecule has 0 aromatic heterocycles. The Bertz CT molecular complexity index is 614. The molecule has 3 heteroatoms. The summed E-state index contributed by atoms with van der Waals surface area (Å²) in [5.74, 6) is 2.50. The normalized spacial score (nSPS) is 18.3. The predicted octanol–water partition coefficient (Wildman–Crippen LogP) is 4.36. The average molecular weight is 299 g/mol. The van der Waals surface area contributed by atoms with Crippen molar-refractivity contribution >= 4 is 11.8 Å². The van der Waals surface area contributed by atoms with Crippen molar-refractivity contribution in [1.82, 2.24) is 0 Å². The number of ether oxygens (including phenoxy) is 1. The first-order chi connectivity index (χ1) is 10.3. The van der Waals surface area contributed by atoms with Crippen LogP contribution in [-0.2, 0) is 0 Å². The number of nitrogens with two attached hydrogens (primary N) is 1. The molecule has 1 aliphatic heterocycles. The monoisotopic (exact) mass is 299 g/mol. The molecule has 0 saturated heterocycles. The van der Waals surface area contributed by atoms with Crippen molar-refractivity contribution in [3.05, 3.63) is 59.7 Å². The van der Waals surface area contributed by atoms with Gasteiger partial charge in [0.1, 0.15) is 5.75 Å². The molecule has 110 valence electrons. The molecule has 1 aliphatic rings. The van der Waals surface area contributed by atoms with Crippen molar-refractivity contribution in [2.45, 2.75) is 30.2 Å². The van der Waals surface area contributed by atoms with Gasteiger partial charge in [-0.2, -0.15) is 0 Å². The fourth-order valence-electron chi connectivity index (χ4n) is 2.70. The van der Waals surface area contributed by atoms with Crippen molar-refractivity contribution < 1.29 is 4.74 Å². The summed E-state index contributed by atoms with van der Waals surface area (Å²) < 4.78 is 6.11. The molecule has 0 radical (unpaired) electrons. The second-order valence-corrected chi connectivity index (χ2v) is 6.47. The molecule has 2 atom stereocenters. The van der Waals surface area contributed by atoms with Crippen molar-refractivity contribution in [3.8, 4) is 5.75 Å². The van der Waals surface area contributed by atoms with Gasteiger partial charge in [0.2, 0.25) is 0 Å². The molecular weight excluding hydrogens is 278 g/mol. The van der Waals surface area contributed by atoms with Gasteiger partial charge in [-0.05, 0) is 24.1 Å². The Morgan fingerprint density at radius 1 is 1.19 bits per heavy atom. The van der Waals surface area contributed by atoms with Crippen LogP contribution in [0.5, 0.6) is 5.75 Å². The Balaban J connectivity index is 1.72. The molecule has 0 aliphatic carbocycles. The Kier molecular flexibility index (Phi) is 4.51. The van der Waals surface area contributed by atoms with Crippen LogP contribution in [0.2, 0.25) is 0 Å². The quantitative estimate of drug-likeness (QED) is 0.890. The summed E-state index contributed by atoms with van der Waals surface area (Å²) in [6, 6.07) is 16.8. The number of thioether (sulfide) groups is 1. The maximum Gasteiger partial charge on any atom is 0.124 e. The van der Waals surface area contributed by atoms with Crippen molar-refractivity contribution in [1.29, 1.82) is 0 Å². The molecular formula is C18H21NOS. The van der Waals surface area contributed by atoms with Gasteiger partial charge in [0.05, 0.1) is 6.61 Å². The fraction of sp³-hybridized carbons (Fsp3) is 0.333. The topological polar surface area (TPSA) is 35.2 Å². The first-order valence-corrected chi connectivity index (χ1v) is 8.47. The number of benzene rings is 2. The first-order valence-electron chi connectivity index (χ1n) is 7.48. The lowest BCUT2D eigenvalue weighted by molar-refractivity contribution is 0.293. The number of hydrogen-bond acceptors (Lipinski definition) is 3. The summed E-state index contributed by atoms with van der Waals surface area (Å²) in [5, 5.41) is 0. The van der Waals surface area contributed by atoms with Gasteiger partial charge in [-0.1, -0.05) is 43.3 Å². The molecule has 0 amide bonds. The van der Waals surface area contributed by atoms with Crippen LogP contribution >= 0.6 is 11.8 Å². The Morgan fingerprint density at radius 2 is 1.95 bits per heavy atom. The molecule has 0 fully saturated rings. The van der Waals surface area contributed by atoms with Gasteiger partial charge < -0.3 is 10.5 Å². The predicted molar refractivity (Wildman–Crippen MR) is 89.1 cm³/mol. The Hall–Kier alpha value is -1.45. The molecule has 2 nitrogen and oxygen atoms in total. The number of fused-ring (bicyclic) bond motifs is 1. The third kappa shape index (κ3) is 3.09. The van der Waals surface area contributed by atoms with Crippen LogP contribution in [-0.4, -0.2) is 12.4 Å². The van der Waals surface area contributed by atoms with Gasteiger partial charge in [-0.3, -0.25) is 0 Å². The standard InChI is InChI=1S/C18H21NOS/c1-2-16(19)15-8-3-5-9-17(15)20-11-13-12-21-18-10-6-4-7-14(13)18/h3-10,13,16H,2,11-12,19H2,1H3. The van der Waals surface area contributed by atoms with Crippen LogP contribution in [0.1, 0.15) is 36.4 Å². The maximum atomic E-state index is 6.17. The van der Waals surface area contributed by atoms with Crippen LogP contribution in [0.25, 0.3) is 0 Å². The van der Waals surface area contributed by atoms with E-state index in [4.69, 9.17) is 10.5 Å². The van der Waals surface area contributed by atoms with Crippen molar-refractivity contribution in [2.24, 2.45) is 5.73 Å². The molecule has 2 aromatic carbocycles. The molecule has 0 saturated carbocycles. The third-order valence-electron chi connectivity index (χ3n) is 4.00. The van der Waals surface area contributed by atoms with Crippen LogP contribution in [0.3, 0.4) is 0 Å².